The fraction of sp³-hybridized carbons (Fsp3) is 0.316. The lowest BCUT2D eigenvalue weighted by molar-refractivity contribution is -0.138. The van der Waals surface area contributed by atoms with Crippen LogP contribution in [0.3, 0.4) is 0 Å². The Bertz CT molecular complexity index is 731. The number of nitrogens with one attached hydrogen (secondary N) is 1. The van der Waals surface area contributed by atoms with Crippen molar-refractivity contribution in [2.24, 2.45) is 0 Å². The summed E-state index contributed by atoms with van der Waals surface area (Å²) in [5.41, 5.74) is 0.952. The number of hydrogen-bond donors (Lipinski definition) is 2. The largest absolute Gasteiger partial charge is 0.481 e. The summed E-state index contributed by atoms with van der Waals surface area (Å²) in [5.74, 6) is -1.41. The molecule has 1 aromatic heterocycles. The van der Waals surface area contributed by atoms with Gasteiger partial charge in [-0.3, -0.25) is 14.4 Å². The molecule has 1 atom stereocenters. The molecular formula is C19H22N2O4S. The molecule has 6 nitrogen and oxygen atoms in total. The van der Waals surface area contributed by atoms with E-state index in [0.29, 0.717) is 24.4 Å². The summed E-state index contributed by atoms with van der Waals surface area (Å²) in [6, 6.07) is 12.3. The van der Waals surface area contributed by atoms with E-state index in [1.165, 1.54) is 11.3 Å². The molecule has 1 unspecified atom stereocenters. The van der Waals surface area contributed by atoms with Crippen molar-refractivity contribution in [3.05, 3.63) is 58.3 Å². The van der Waals surface area contributed by atoms with E-state index in [9.17, 15) is 14.4 Å². The van der Waals surface area contributed by atoms with E-state index in [-0.39, 0.29) is 18.2 Å². The van der Waals surface area contributed by atoms with E-state index >= 15 is 0 Å². The van der Waals surface area contributed by atoms with Crippen LogP contribution >= 0.6 is 11.3 Å². The number of carbonyl (C=O) groups is 3. The molecule has 0 aliphatic rings. The number of benzene rings is 1. The van der Waals surface area contributed by atoms with Crippen LogP contribution in [-0.2, 0) is 16.1 Å². The molecule has 0 spiro atoms. The Morgan fingerprint density at radius 1 is 1.15 bits per heavy atom. The number of carboxylic acid groups (broad SMARTS) is 1. The van der Waals surface area contributed by atoms with Crippen LogP contribution in [0.4, 0.5) is 0 Å². The highest BCUT2D eigenvalue weighted by Crippen LogP contribution is 2.11. The molecule has 0 saturated carbocycles. The second-order valence-electron chi connectivity index (χ2n) is 5.92. The van der Waals surface area contributed by atoms with Gasteiger partial charge in [0, 0.05) is 19.5 Å². The minimum atomic E-state index is -0.892. The molecule has 0 saturated heterocycles. The van der Waals surface area contributed by atoms with E-state index < -0.39 is 12.0 Å². The fourth-order valence-electron chi connectivity index (χ4n) is 2.50. The predicted molar refractivity (Wildman–Crippen MR) is 100.0 cm³/mol. The molecule has 0 aliphatic heterocycles. The van der Waals surface area contributed by atoms with Crippen molar-refractivity contribution in [1.82, 2.24) is 10.2 Å². The summed E-state index contributed by atoms with van der Waals surface area (Å²) in [6.45, 7) is 2.33. The zero-order valence-electron chi connectivity index (χ0n) is 14.6. The van der Waals surface area contributed by atoms with Gasteiger partial charge in [0.05, 0.1) is 4.88 Å². The average Bonchev–Trinajstić information content (AvgIpc) is 3.15. The molecule has 0 fully saturated rings. The molecule has 2 N–H and O–H groups in total. The van der Waals surface area contributed by atoms with Gasteiger partial charge in [-0.15, -0.1) is 11.3 Å². The topological polar surface area (TPSA) is 86.7 Å². The number of thiophene rings is 1. The summed E-state index contributed by atoms with van der Waals surface area (Å²) in [4.78, 5) is 37.9. The number of carboxylic acids is 1. The van der Waals surface area contributed by atoms with E-state index in [4.69, 9.17) is 5.11 Å². The molecule has 1 heterocycles. The fourth-order valence-corrected chi connectivity index (χ4v) is 3.13. The standard InChI is InChI=1S/C19H22N2O4S/c1-14(20-18(24)16-9-6-12-26-16)19(25)21(11-5-10-17(22)23)13-15-7-3-2-4-8-15/h2-4,6-9,12,14H,5,10-11,13H2,1H3,(H,20,24)(H,22,23). The molecule has 0 radical (unpaired) electrons. The summed E-state index contributed by atoms with van der Waals surface area (Å²) in [6.07, 6.45) is 0.355. The molecule has 2 rings (SSSR count). The minimum Gasteiger partial charge on any atom is -0.481 e. The van der Waals surface area contributed by atoms with Gasteiger partial charge in [-0.2, -0.15) is 0 Å². The zero-order chi connectivity index (χ0) is 18.9. The lowest BCUT2D eigenvalue weighted by Gasteiger charge is -2.26. The van der Waals surface area contributed by atoms with Crippen LogP contribution in [0.1, 0.15) is 35.0 Å². The molecule has 7 heteroatoms. The van der Waals surface area contributed by atoms with E-state index in [2.05, 4.69) is 5.32 Å². The quantitative estimate of drug-likeness (QED) is 0.707. The van der Waals surface area contributed by atoms with Gasteiger partial charge in [-0.1, -0.05) is 36.4 Å². The van der Waals surface area contributed by atoms with E-state index in [1.807, 2.05) is 30.3 Å². The number of rotatable bonds is 9. The van der Waals surface area contributed by atoms with E-state index in [0.717, 1.165) is 5.56 Å². The van der Waals surface area contributed by atoms with Crippen LogP contribution in [0, 0.1) is 0 Å². The number of aliphatic carboxylic acids is 1. The van der Waals surface area contributed by atoms with Gasteiger partial charge in [0.1, 0.15) is 6.04 Å². The minimum absolute atomic E-state index is 0.00545. The average molecular weight is 374 g/mol. The molecule has 26 heavy (non-hydrogen) atoms. The Hall–Kier alpha value is -2.67. The maximum absolute atomic E-state index is 12.8. The molecule has 0 aliphatic carbocycles. The summed E-state index contributed by atoms with van der Waals surface area (Å²) in [5, 5.41) is 13.3. The van der Waals surface area contributed by atoms with Gasteiger partial charge in [0.25, 0.3) is 5.91 Å². The van der Waals surface area contributed by atoms with Crippen molar-refractivity contribution in [3.63, 3.8) is 0 Å². The molecule has 138 valence electrons. The van der Waals surface area contributed by atoms with Gasteiger partial charge in [-0.25, -0.2) is 0 Å². The first-order valence-electron chi connectivity index (χ1n) is 8.36. The smallest absolute Gasteiger partial charge is 0.303 e. The van der Waals surface area contributed by atoms with Crippen LogP contribution in [0.2, 0.25) is 0 Å². The van der Waals surface area contributed by atoms with Gasteiger partial charge in [0.2, 0.25) is 5.91 Å². The second kappa shape index (κ2) is 9.72. The van der Waals surface area contributed by atoms with E-state index in [1.54, 1.807) is 29.3 Å². The van der Waals surface area contributed by atoms with Crippen molar-refractivity contribution in [1.29, 1.82) is 0 Å². The number of nitrogens with zero attached hydrogens (tertiary/aromatic N) is 1. The highest BCUT2D eigenvalue weighted by Gasteiger charge is 2.23. The monoisotopic (exact) mass is 374 g/mol. The van der Waals surface area contributed by atoms with Gasteiger partial charge in [0.15, 0.2) is 0 Å². The van der Waals surface area contributed by atoms with Gasteiger partial charge < -0.3 is 15.3 Å². The number of hydrogen-bond acceptors (Lipinski definition) is 4. The lowest BCUT2D eigenvalue weighted by atomic mass is 10.1. The Kier molecular flexibility index (Phi) is 7.35. The summed E-state index contributed by atoms with van der Waals surface area (Å²) in [7, 11) is 0. The number of carbonyl (C=O) groups excluding carboxylic acids is 2. The normalized spacial score (nSPS) is 11.6. The molecule has 1 aromatic carbocycles. The maximum Gasteiger partial charge on any atom is 0.303 e. The highest BCUT2D eigenvalue weighted by atomic mass is 32.1. The summed E-state index contributed by atoms with van der Waals surface area (Å²) < 4.78 is 0. The van der Waals surface area contributed by atoms with Crippen molar-refractivity contribution in [2.75, 3.05) is 6.54 Å². The first-order valence-corrected chi connectivity index (χ1v) is 9.24. The van der Waals surface area contributed by atoms with Crippen molar-refractivity contribution < 1.29 is 19.5 Å². The predicted octanol–water partition coefficient (Wildman–Crippen LogP) is 2.76. The van der Waals surface area contributed by atoms with Crippen LogP contribution < -0.4 is 5.32 Å². The van der Waals surface area contributed by atoms with Crippen LogP contribution in [-0.4, -0.2) is 40.4 Å². The van der Waals surface area contributed by atoms with Crippen molar-refractivity contribution >= 4 is 29.1 Å². The van der Waals surface area contributed by atoms with Crippen LogP contribution in [0.15, 0.2) is 47.8 Å². The second-order valence-corrected chi connectivity index (χ2v) is 6.86. The van der Waals surface area contributed by atoms with Gasteiger partial charge in [-0.05, 0) is 30.4 Å². The molecule has 2 aromatic rings. The lowest BCUT2D eigenvalue weighted by Crippen LogP contribution is -2.46. The highest BCUT2D eigenvalue weighted by molar-refractivity contribution is 7.12. The van der Waals surface area contributed by atoms with Gasteiger partial charge >= 0.3 is 5.97 Å². The molecule has 0 bridgehead atoms. The Labute approximate surface area is 156 Å². The van der Waals surface area contributed by atoms with Crippen molar-refractivity contribution in [2.45, 2.75) is 32.4 Å². The molecule has 2 amide bonds. The van der Waals surface area contributed by atoms with Crippen LogP contribution in [0.5, 0.6) is 0 Å². The third kappa shape index (κ3) is 6.00. The number of amides is 2. The summed E-state index contributed by atoms with van der Waals surface area (Å²) >= 11 is 1.31. The Morgan fingerprint density at radius 2 is 1.88 bits per heavy atom. The first-order chi connectivity index (χ1) is 12.5. The Balaban J connectivity index is 2.02. The van der Waals surface area contributed by atoms with Crippen molar-refractivity contribution in [3.8, 4) is 0 Å². The molecular weight excluding hydrogens is 352 g/mol. The third-order valence-electron chi connectivity index (χ3n) is 3.81. The Morgan fingerprint density at radius 3 is 2.50 bits per heavy atom. The zero-order valence-corrected chi connectivity index (χ0v) is 15.4. The van der Waals surface area contributed by atoms with Crippen LogP contribution in [0.25, 0.3) is 0 Å². The SMILES string of the molecule is CC(NC(=O)c1cccs1)C(=O)N(CCCC(=O)O)Cc1ccccc1. The third-order valence-corrected chi connectivity index (χ3v) is 4.68. The maximum atomic E-state index is 12.8. The first kappa shape index (κ1) is 19.7.